The zero-order valence-electron chi connectivity index (χ0n) is 17.9. The zero-order chi connectivity index (χ0) is 22.6. The standard InChI is InChI=1S/C25H26N2O5/c1-30-23-9-5-8-20(14-23)15-26-24(28)17-31-18-25(29)27-21-10-12-22(13-11-21)32-16-19-6-3-2-4-7-19/h2-14H,15-18H2,1H3,(H,26,28)(H,27,29). The van der Waals surface area contributed by atoms with Gasteiger partial charge in [0.05, 0.1) is 7.11 Å². The molecule has 3 rings (SSSR count). The normalized spacial score (nSPS) is 10.3. The van der Waals surface area contributed by atoms with Crippen molar-refractivity contribution in [1.29, 1.82) is 0 Å². The van der Waals surface area contributed by atoms with E-state index in [2.05, 4.69) is 10.6 Å². The molecule has 0 saturated carbocycles. The third-order valence-corrected chi connectivity index (χ3v) is 4.48. The second-order valence-electron chi connectivity index (χ2n) is 6.97. The lowest BCUT2D eigenvalue weighted by Crippen LogP contribution is -2.29. The summed E-state index contributed by atoms with van der Waals surface area (Å²) in [6.07, 6.45) is 0. The van der Waals surface area contributed by atoms with Gasteiger partial charge in [-0.2, -0.15) is 0 Å². The summed E-state index contributed by atoms with van der Waals surface area (Å²) in [6.45, 7) is 0.396. The molecule has 0 bridgehead atoms. The Bertz CT molecular complexity index is 1010. The minimum Gasteiger partial charge on any atom is -0.497 e. The van der Waals surface area contributed by atoms with Crippen LogP contribution in [0.2, 0.25) is 0 Å². The topological polar surface area (TPSA) is 85.9 Å². The van der Waals surface area contributed by atoms with Crippen LogP contribution in [0.3, 0.4) is 0 Å². The number of carbonyl (C=O) groups is 2. The molecule has 0 atom stereocenters. The smallest absolute Gasteiger partial charge is 0.250 e. The highest BCUT2D eigenvalue weighted by Gasteiger charge is 2.07. The minimum atomic E-state index is -0.344. The number of carbonyl (C=O) groups excluding carboxylic acids is 2. The fourth-order valence-electron chi connectivity index (χ4n) is 2.84. The van der Waals surface area contributed by atoms with E-state index < -0.39 is 0 Å². The molecule has 166 valence electrons. The van der Waals surface area contributed by atoms with Crippen molar-refractivity contribution in [2.24, 2.45) is 0 Å². The van der Waals surface area contributed by atoms with Crippen LogP contribution in [0.4, 0.5) is 5.69 Å². The van der Waals surface area contributed by atoms with E-state index in [1.54, 1.807) is 31.4 Å². The van der Waals surface area contributed by atoms with Gasteiger partial charge in [0.15, 0.2) is 0 Å². The summed E-state index contributed by atoms with van der Waals surface area (Å²) in [6, 6.07) is 24.3. The highest BCUT2D eigenvalue weighted by atomic mass is 16.5. The quantitative estimate of drug-likeness (QED) is 0.482. The molecule has 7 heteroatoms. The van der Waals surface area contributed by atoms with Gasteiger partial charge in [0.25, 0.3) is 0 Å². The Hall–Kier alpha value is -3.84. The maximum atomic E-state index is 12.0. The summed E-state index contributed by atoms with van der Waals surface area (Å²) in [7, 11) is 1.59. The van der Waals surface area contributed by atoms with Gasteiger partial charge in [-0.05, 0) is 47.5 Å². The predicted octanol–water partition coefficient (Wildman–Crippen LogP) is 3.55. The van der Waals surface area contributed by atoms with Gasteiger partial charge < -0.3 is 24.8 Å². The molecule has 3 aromatic rings. The van der Waals surface area contributed by atoms with Gasteiger partial charge in [-0.15, -0.1) is 0 Å². The molecule has 2 N–H and O–H groups in total. The lowest BCUT2D eigenvalue weighted by molar-refractivity contribution is -0.128. The Labute approximate surface area is 187 Å². The third-order valence-electron chi connectivity index (χ3n) is 4.48. The second-order valence-corrected chi connectivity index (χ2v) is 6.97. The second kappa shape index (κ2) is 12.1. The number of anilines is 1. The van der Waals surface area contributed by atoms with Crippen LogP contribution >= 0.6 is 0 Å². The van der Waals surface area contributed by atoms with Crippen LogP contribution in [0.5, 0.6) is 11.5 Å². The molecule has 0 aromatic heterocycles. The molecule has 0 aliphatic carbocycles. The van der Waals surface area contributed by atoms with Gasteiger partial charge in [-0.1, -0.05) is 42.5 Å². The van der Waals surface area contributed by atoms with Crippen molar-refractivity contribution in [3.8, 4) is 11.5 Å². The maximum Gasteiger partial charge on any atom is 0.250 e. The largest absolute Gasteiger partial charge is 0.497 e. The number of nitrogens with one attached hydrogen (secondary N) is 2. The number of ether oxygens (including phenoxy) is 3. The number of rotatable bonds is 11. The summed E-state index contributed by atoms with van der Waals surface area (Å²) >= 11 is 0. The first-order valence-corrected chi connectivity index (χ1v) is 10.2. The molecule has 32 heavy (non-hydrogen) atoms. The molecule has 3 aromatic carbocycles. The monoisotopic (exact) mass is 434 g/mol. The summed E-state index contributed by atoms with van der Waals surface area (Å²) in [4.78, 5) is 23.9. The molecule has 0 fully saturated rings. The third kappa shape index (κ3) is 7.77. The molecule has 7 nitrogen and oxygen atoms in total. The van der Waals surface area contributed by atoms with Gasteiger partial charge in [0, 0.05) is 12.2 Å². The van der Waals surface area contributed by atoms with E-state index in [1.807, 2.05) is 54.6 Å². The average molecular weight is 434 g/mol. The van der Waals surface area contributed by atoms with E-state index in [1.165, 1.54) is 0 Å². The lowest BCUT2D eigenvalue weighted by Gasteiger charge is -2.09. The van der Waals surface area contributed by atoms with Gasteiger partial charge in [0.2, 0.25) is 11.8 Å². The van der Waals surface area contributed by atoms with E-state index in [0.717, 1.165) is 16.9 Å². The van der Waals surface area contributed by atoms with Crippen LogP contribution in [-0.4, -0.2) is 32.1 Å². The fraction of sp³-hybridized carbons (Fsp3) is 0.200. The van der Waals surface area contributed by atoms with Crippen molar-refractivity contribution >= 4 is 17.5 Å². The van der Waals surface area contributed by atoms with E-state index in [9.17, 15) is 9.59 Å². The molecule has 0 spiro atoms. The first kappa shape index (κ1) is 22.8. The maximum absolute atomic E-state index is 12.0. The summed E-state index contributed by atoms with van der Waals surface area (Å²) in [5.74, 6) is 0.778. The zero-order valence-corrected chi connectivity index (χ0v) is 17.9. The van der Waals surface area contributed by atoms with Crippen molar-refractivity contribution < 1.29 is 23.8 Å². The molecule has 0 aliphatic rings. The van der Waals surface area contributed by atoms with Crippen molar-refractivity contribution in [3.05, 3.63) is 90.0 Å². The summed E-state index contributed by atoms with van der Waals surface area (Å²) in [5, 5.41) is 5.46. The fourth-order valence-corrected chi connectivity index (χ4v) is 2.84. The molecule has 0 heterocycles. The van der Waals surface area contributed by atoms with Crippen LogP contribution in [0.15, 0.2) is 78.9 Å². The first-order valence-electron chi connectivity index (χ1n) is 10.2. The molecule has 2 amide bonds. The van der Waals surface area contributed by atoms with Gasteiger partial charge in [0.1, 0.15) is 31.3 Å². The average Bonchev–Trinajstić information content (AvgIpc) is 2.83. The van der Waals surface area contributed by atoms with Crippen molar-refractivity contribution in [2.75, 3.05) is 25.6 Å². The Morgan fingerprint density at radius 2 is 1.50 bits per heavy atom. The number of methoxy groups -OCH3 is 1. The van der Waals surface area contributed by atoms with Crippen LogP contribution in [0, 0.1) is 0 Å². The van der Waals surface area contributed by atoms with E-state index in [-0.39, 0.29) is 25.0 Å². The molecular weight excluding hydrogens is 408 g/mol. The summed E-state index contributed by atoms with van der Waals surface area (Å²) in [5.41, 5.74) is 2.61. The molecule has 0 saturated heterocycles. The first-order chi connectivity index (χ1) is 15.6. The predicted molar refractivity (Wildman–Crippen MR) is 122 cm³/mol. The number of hydrogen-bond acceptors (Lipinski definition) is 5. The van der Waals surface area contributed by atoms with Gasteiger partial charge >= 0.3 is 0 Å². The molecule has 0 unspecified atom stereocenters. The Kier molecular flexibility index (Phi) is 8.65. The van der Waals surface area contributed by atoms with Gasteiger partial charge in [-0.3, -0.25) is 9.59 Å². The minimum absolute atomic E-state index is 0.205. The Balaban J connectivity index is 1.33. The van der Waals surface area contributed by atoms with Crippen molar-refractivity contribution in [2.45, 2.75) is 13.2 Å². The Morgan fingerprint density at radius 1 is 0.781 bits per heavy atom. The van der Waals surface area contributed by atoms with Crippen LogP contribution < -0.4 is 20.1 Å². The highest BCUT2D eigenvalue weighted by molar-refractivity contribution is 5.91. The molecule has 0 aliphatic heterocycles. The SMILES string of the molecule is COc1cccc(CNC(=O)COCC(=O)Nc2ccc(OCc3ccccc3)cc2)c1. The van der Waals surface area contributed by atoms with Crippen LogP contribution in [-0.2, 0) is 27.5 Å². The van der Waals surface area contributed by atoms with Gasteiger partial charge in [-0.25, -0.2) is 0 Å². The molecular formula is C25H26N2O5. The number of benzene rings is 3. The van der Waals surface area contributed by atoms with E-state index in [0.29, 0.717) is 24.6 Å². The van der Waals surface area contributed by atoms with Crippen LogP contribution in [0.25, 0.3) is 0 Å². The highest BCUT2D eigenvalue weighted by Crippen LogP contribution is 2.17. The summed E-state index contributed by atoms with van der Waals surface area (Å²) < 4.78 is 16.1. The number of hydrogen-bond donors (Lipinski definition) is 2. The molecule has 0 radical (unpaired) electrons. The Morgan fingerprint density at radius 3 is 2.25 bits per heavy atom. The van der Waals surface area contributed by atoms with Crippen LogP contribution in [0.1, 0.15) is 11.1 Å². The van der Waals surface area contributed by atoms with E-state index >= 15 is 0 Å². The lowest BCUT2D eigenvalue weighted by atomic mass is 10.2. The van der Waals surface area contributed by atoms with Crippen molar-refractivity contribution in [3.63, 3.8) is 0 Å². The number of amides is 2. The van der Waals surface area contributed by atoms with E-state index in [4.69, 9.17) is 14.2 Å². The van der Waals surface area contributed by atoms with Crippen molar-refractivity contribution in [1.82, 2.24) is 5.32 Å².